The summed E-state index contributed by atoms with van der Waals surface area (Å²) in [6.45, 7) is -0.994. The molecule has 0 unspecified atom stereocenters. The summed E-state index contributed by atoms with van der Waals surface area (Å²) in [5, 5.41) is 8.57. The molecule has 0 heterocycles. The van der Waals surface area contributed by atoms with Crippen molar-refractivity contribution in [2.45, 2.75) is 6.67 Å². The fourth-order valence-electron chi connectivity index (χ4n) is 0.933. The molecule has 0 saturated carbocycles. The summed E-state index contributed by atoms with van der Waals surface area (Å²) in [4.78, 5) is 10.5. The van der Waals surface area contributed by atoms with Gasteiger partial charge in [-0.15, -0.1) is 0 Å². The number of alkyl halides is 1. The highest BCUT2D eigenvalue weighted by Gasteiger charge is 2.17. The minimum absolute atomic E-state index is 0.0158. The fourth-order valence-corrected chi connectivity index (χ4v) is 1.26. The molecule has 0 aliphatic carbocycles. The minimum atomic E-state index is -1.47. The molecular formula is C8H5BrF2O2. The third-order valence-electron chi connectivity index (χ3n) is 1.54. The maximum Gasteiger partial charge on any atom is 0.339 e. The average Bonchev–Trinajstić information content (AvgIpc) is 2.08. The van der Waals surface area contributed by atoms with Gasteiger partial charge in [0.2, 0.25) is 0 Å². The molecule has 0 bridgehead atoms. The Kier molecular flexibility index (Phi) is 2.98. The van der Waals surface area contributed by atoms with Crippen molar-refractivity contribution in [3.05, 3.63) is 33.5 Å². The number of hydrogen-bond acceptors (Lipinski definition) is 1. The van der Waals surface area contributed by atoms with Crippen LogP contribution in [0.3, 0.4) is 0 Å². The normalized spacial score (nSPS) is 10.1. The number of carboxylic acid groups (broad SMARTS) is 1. The molecule has 0 fully saturated rings. The van der Waals surface area contributed by atoms with Crippen molar-refractivity contribution < 1.29 is 18.7 Å². The molecule has 0 atom stereocenters. The largest absolute Gasteiger partial charge is 0.478 e. The van der Waals surface area contributed by atoms with Gasteiger partial charge in [-0.25, -0.2) is 13.6 Å². The Balaban J connectivity index is 3.41. The third kappa shape index (κ3) is 1.85. The van der Waals surface area contributed by atoms with E-state index in [9.17, 15) is 13.6 Å². The number of carboxylic acids is 1. The molecule has 70 valence electrons. The van der Waals surface area contributed by atoms with Gasteiger partial charge in [0.25, 0.3) is 0 Å². The highest BCUT2D eigenvalue weighted by molar-refractivity contribution is 9.10. The quantitative estimate of drug-likeness (QED) is 0.877. The van der Waals surface area contributed by atoms with Crippen LogP contribution in [0.2, 0.25) is 0 Å². The number of aromatic carboxylic acids is 1. The maximum absolute atomic E-state index is 13.1. The summed E-state index contributed by atoms with van der Waals surface area (Å²) in [5.41, 5.74) is -0.773. The number of carbonyl (C=O) groups is 1. The van der Waals surface area contributed by atoms with Gasteiger partial charge < -0.3 is 5.11 Å². The second-order valence-corrected chi connectivity index (χ2v) is 3.19. The van der Waals surface area contributed by atoms with Crippen LogP contribution in [0, 0.1) is 5.82 Å². The maximum atomic E-state index is 13.1. The lowest BCUT2D eigenvalue weighted by molar-refractivity contribution is 0.0689. The first-order valence-corrected chi connectivity index (χ1v) is 4.13. The van der Waals surface area contributed by atoms with Gasteiger partial charge in [-0.1, -0.05) is 6.07 Å². The molecule has 0 aliphatic heterocycles. The highest BCUT2D eigenvalue weighted by Crippen LogP contribution is 2.22. The lowest BCUT2D eigenvalue weighted by Gasteiger charge is -2.04. The molecule has 1 N–H and O–H groups in total. The molecule has 0 amide bonds. The van der Waals surface area contributed by atoms with E-state index in [1.54, 1.807) is 0 Å². The van der Waals surface area contributed by atoms with Gasteiger partial charge in [-0.05, 0) is 22.0 Å². The van der Waals surface area contributed by atoms with Gasteiger partial charge in [0.1, 0.15) is 12.2 Å². The van der Waals surface area contributed by atoms with Crippen LogP contribution in [0.15, 0.2) is 16.6 Å². The summed E-state index contributed by atoms with van der Waals surface area (Å²) in [6, 6.07) is 2.51. The van der Waals surface area contributed by atoms with E-state index in [4.69, 9.17) is 5.11 Å². The van der Waals surface area contributed by atoms with Crippen LogP contribution in [0.1, 0.15) is 15.9 Å². The molecular weight excluding hydrogens is 246 g/mol. The van der Waals surface area contributed by atoms with Crippen molar-refractivity contribution in [2.24, 2.45) is 0 Å². The monoisotopic (exact) mass is 250 g/mol. The van der Waals surface area contributed by atoms with Gasteiger partial charge in [0.05, 0.1) is 4.47 Å². The number of halogens is 3. The molecule has 13 heavy (non-hydrogen) atoms. The molecule has 0 aliphatic rings. The minimum Gasteiger partial charge on any atom is -0.478 e. The lowest BCUT2D eigenvalue weighted by atomic mass is 10.1. The lowest BCUT2D eigenvalue weighted by Crippen LogP contribution is -2.05. The Hall–Kier alpha value is -0.970. The summed E-state index contributed by atoms with van der Waals surface area (Å²) in [5.74, 6) is -2.41. The number of rotatable bonds is 2. The van der Waals surface area contributed by atoms with Crippen LogP contribution in [-0.4, -0.2) is 11.1 Å². The van der Waals surface area contributed by atoms with Crippen LogP contribution in [-0.2, 0) is 6.67 Å². The second kappa shape index (κ2) is 3.83. The predicted molar refractivity (Wildman–Crippen MR) is 45.9 cm³/mol. The summed E-state index contributed by atoms with van der Waals surface area (Å²) in [6.07, 6.45) is 0. The summed E-state index contributed by atoms with van der Waals surface area (Å²) < 4.78 is 25.3. The Morgan fingerprint density at radius 1 is 1.54 bits per heavy atom. The first-order chi connectivity index (χ1) is 6.07. The summed E-state index contributed by atoms with van der Waals surface area (Å²) >= 11 is 2.82. The zero-order valence-electron chi connectivity index (χ0n) is 6.35. The van der Waals surface area contributed by atoms with E-state index in [1.807, 2.05) is 0 Å². The van der Waals surface area contributed by atoms with Gasteiger partial charge in [-0.2, -0.15) is 0 Å². The van der Waals surface area contributed by atoms with Gasteiger partial charge in [-0.3, -0.25) is 0 Å². The third-order valence-corrected chi connectivity index (χ3v) is 2.15. The molecule has 5 heteroatoms. The Morgan fingerprint density at radius 2 is 2.15 bits per heavy atom. The van der Waals surface area contributed by atoms with E-state index in [1.165, 1.54) is 12.1 Å². The first-order valence-electron chi connectivity index (χ1n) is 3.34. The van der Waals surface area contributed by atoms with E-state index in [0.29, 0.717) is 0 Å². The summed E-state index contributed by atoms with van der Waals surface area (Å²) in [7, 11) is 0. The molecule has 1 rings (SSSR count). The van der Waals surface area contributed by atoms with Crippen molar-refractivity contribution in [3.63, 3.8) is 0 Å². The van der Waals surface area contributed by atoms with Crippen molar-refractivity contribution in [3.8, 4) is 0 Å². The molecule has 0 spiro atoms. The van der Waals surface area contributed by atoms with E-state index < -0.39 is 24.0 Å². The predicted octanol–water partition coefficient (Wildman–Crippen LogP) is 2.76. The molecule has 0 saturated heterocycles. The van der Waals surface area contributed by atoms with Crippen LogP contribution in [0.25, 0.3) is 0 Å². The number of benzene rings is 1. The molecule has 0 radical (unpaired) electrons. The van der Waals surface area contributed by atoms with Crippen LogP contribution in [0.4, 0.5) is 8.78 Å². The van der Waals surface area contributed by atoms with Crippen LogP contribution >= 0.6 is 15.9 Å². The SMILES string of the molecule is O=C(O)c1c(CF)ccc(Br)c1F. The topological polar surface area (TPSA) is 37.3 Å². The van der Waals surface area contributed by atoms with Gasteiger partial charge in [0.15, 0.2) is 5.82 Å². The van der Waals surface area contributed by atoms with Crippen molar-refractivity contribution in [1.29, 1.82) is 0 Å². The standard InChI is InChI=1S/C8H5BrF2O2/c9-5-2-1-4(3-10)6(7(5)11)8(12)13/h1-2H,3H2,(H,12,13). The molecule has 1 aromatic rings. The Labute approximate surface area is 81.3 Å². The Morgan fingerprint density at radius 3 is 2.62 bits per heavy atom. The van der Waals surface area contributed by atoms with Crippen molar-refractivity contribution >= 4 is 21.9 Å². The van der Waals surface area contributed by atoms with E-state index in [-0.39, 0.29) is 10.0 Å². The van der Waals surface area contributed by atoms with Crippen LogP contribution < -0.4 is 0 Å². The van der Waals surface area contributed by atoms with E-state index in [2.05, 4.69) is 15.9 Å². The van der Waals surface area contributed by atoms with Crippen LogP contribution in [0.5, 0.6) is 0 Å². The first kappa shape index (κ1) is 10.1. The van der Waals surface area contributed by atoms with Crippen molar-refractivity contribution in [1.82, 2.24) is 0 Å². The van der Waals surface area contributed by atoms with Gasteiger partial charge in [0, 0.05) is 5.56 Å². The smallest absolute Gasteiger partial charge is 0.339 e. The molecule has 1 aromatic carbocycles. The Bertz CT molecular complexity index is 352. The zero-order valence-corrected chi connectivity index (χ0v) is 7.94. The highest BCUT2D eigenvalue weighted by atomic mass is 79.9. The second-order valence-electron chi connectivity index (χ2n) is 2.33. The van der Waals surface area contributed by atoms with E-state index in [0.717, 1.165) is 0 Å². The zero-order chi connectivity index (χ0) is 10.0. The van der Waals surface area contributed by atoms with E-state index >= 15 is 0 Å². The van der Waals surface area contributed by atoms with Gasteiger partial charge >= 0.3 is 5.97 Å². The molecule has 0 aromatic heterocycles. The molecule has 2 nitrogen and oxygen atoms in total. The number of hydrogen-bond donors (Lipinski definition) is 1. The average molecular weight is 251 g/mol. The fraction of sp³-hybridized carbons (Fsp3) is 0.125. The van der Waals surface area contributed by atoms with Crippen molar-refractivity contribution in [2.75, 3.05) is 0 Å².